The minimum Gasteiger partial charge on any atom is -0.359 e. The van der Waals surface area contributed by atoms with E-state index in [9.17, 15) is 0 Å². The number of nitrogens with zero attached hydrogens (tertiary/aromatic N) is 3. The third kappa shape index (κ3) is 4.44. The maximum absolute atomic E-state index is 16.7. The van der Waals surface area contributed by atoms with Crippen LogP contribution in [-0.2, 0) is 21.1 Å². The van der Waals surface area contributed by atoms with Crippen LogP contribution in [0.15, 0.2) is 122 Å². The Morgan fingerprint density at radius 2 is 1.57 bits per heavy atom. The number of aromatic nitrogens is 2. The van der Waals surface area contributed by atoms with Crippen LogP contribution >= 0.6 is 11.3 Å². The third-order valence-electron chi connectivity index (χ3n) is 10.0. The van der Waals surface area contributed by atoms with Gasteiger partial charge in [0.25, 0.3) is 0 Å². The molecule has 0 spiro atoms. The van der Waals surface area contributed by atoms with Gasteiger partial charge in [-0.25, -0.2) is 4.39 Å². The second-order valence-corrected chi connectivity index (χ2v) is 18.5. The van der Waals surface area contributed by atoms with E-state index in [-0.39, 0.29) is 21.1 Å². The summed E-state index contributed by atoms with van der Waals surface area (Å²) >= 11 is 1.85. The van der Waals surface area contributed by atoms with E-state index in [0.29, 0.717) is 11.1 Å². The molecule has 49 heavy (non-hydrogen) atoms. The van der Waals surface area contributed by atoms with Crippen LogP contribution in [-0.4, -0.2) is 17.5 Å². The number of hydrogen-bond acceptors (Lipinski definition) is 3. The summed E-state index contributed by atoms with van der Waals surface area (Å²) in [5, 5.41) is 8.08. The Bertz CT molecular complexity index is 2770. The number of hydrogen-bond donors (Lipinski definition) is 0. The third-order valence-corrected chi connectivity index (χ3v) is 14.6. The van der Waals surface area contributed by atoms with Gasteiger partial charge in [-0.05, 0) is 34.8 Å². The molecular weight excluding hydrogens is 821 g/mol. The van der Waals surface area contributed by atoms with Gasteiger partial charge in [-0.15, -0.1) is 46.4 Å². The van der Waals surface area contributed by atoms with Crippen LogP contribution < -0.4 is 15.3 Å². The summed E-state index contributed by atoms with van der Waals surface area (Å²) < 4.78 is 21.4. The van der Waals surface area contributed by atoms with Crippen molar-refractivity contribution in [2.75, 3.05) is 4.90 Å². The first kappa shape index (κ1) is 30.4. The standard InChI is InChI=1S/C42H27FN3SSi.Pt/c1-48(2)39-17-8-6-15-35(39)46(36-24-32-31-13-4-7-16-37(31)47-38(32)25-40(36)48)28-11-9-10-26(22-28)41(43)27-18-19-29-30-12-3-5-14-34(30)45-21-20-44-42(45)33(29)23-27;/h3-14,16-21,24-25,41H,1-2H3;/q-3;. The molecule has 0 fully saturated rings. The summed E-state index contributed by atoms with van der Waals surface area (Å²) in [5.74, 6) is 0. The average Bonchev–Trinajstić information content (AvgIpc) is 3.77. The maximum atomic E-state index is 16.7. The molecule has 0 saturated heterocycles. The number of halogens is 1. The zero-order valence-corrected chi connectivity index (χ0v) is 30.7. The van der Waals surface area contributed by atoms with Crippen molar-refractivity contribution in [1.82, 2.24) is 9.38 Å². The van der Waals surface area contributed by atoms with Crippen LogP contribution in [0.3, 0.4) is 0 Å². The van der Waals surface area contributed by atoms with Crippen LogP contribution in [0, 0.1) is 18.2 Å². The van der Waals surface area contributed by atoms with Crippen LogP contribution in [0.1, 0.15) is 17.3 Å². The molecule has 0 saturated carbocycles. The van der Waals surface area contributed by atoms with Gasteiger partial charge in [-0.1, -0.05) is 77.2 Å². The number of anilines is 3. The smallest absolute Gasteiger partial charge is 0.111 e. The molecule has 1 unspecified atom stereocenters. The predicted octanol–water partition coefficient (Wildman–Crippen LogP) is 10.1. The Labute approximate surface area is 302 Å². The number of rotatable bonds is 3. The second-order valence-electron chi connectivity index (χ2n) is 13.1. The molecule has 1 atom stereocenters. The quantitative estimate of drug-likeness (QED) is 0.100. The van der Waals surface area contributed by atoms with E-state index in [0.717, 1.165) is 44.4 Å². The van der Waals surface area contributed by atoms with Crippen LogP contribution in [0.25, 0.3) is 47.5 Å². The fourth-order valence-electron chi connectivity index (χ4n) is 7.65. The van der Waals surface area contributed by atoms with E-state index in [2.05, 4.69) is 106 Å². The van der Waals surface area contributed by atoms with Crippen molar-refractivity contribution in [3.05, 3.63) is 151 Å². The van der Waals surface area contributed by atoms with Crippen molar-refractivity contribution in [3.63, 3.8) is 0 Å². The van der Waals surface area contributed by atoms with E-state index in [4.69, 9.17) is 0 Å². The SMILES string of the molecule is C[Si]1(C)c2ccc[c-]c2N(c2[c-]c(C(F)c3[c-]c4c(cc3)c3ccccc3n3ccnc43)ccc2)c2cc3c(cc21)sc1ccccc13.[Pt]. The minimum absolute atomic E-state index is 0. The fraction of sp³-hybridized carbons (Fsp3) is 0.0714. The van der Waals surface area contributed by atoms with Crippen LogP contribution in [0.4, 0.5) is 21.5 Å². The molecular formula is C42H27FN3PtSSi-3. The van der Waals surface area contributed by atoms with Gasteiger partial charge in [0.15, 0.2) is 0 Å². The molecule has 1 aliphatic rings. The van der Waals surface area contributed by atoms with E-state index in [1.54, 1.807) is 6.20 Å². The summed E-state index contributed by atoms with van der Waals surface area (Å²) in [6, 6.07) is 48.1. The average molecular weight is 848 g/mol. The van der Waals surface area contributed by atoms with Crippen LogP contribution in [0.5, 0.6) is 0 Å². The van der Waals surface area contributed by atoms with Crippen molar-refractivity contribution in [1.29, 1.82) is 0 Å². The predicted molar refractivity (Wildman–Crippen MR) is 200 cm³/mol. The van der Waals surface area contributed by atoms with Gasteiger partial charge in [0.2, 0.25) is 0 Å². The molecule has 1 aliphatic heterocycles. The first-order valence-electron chi connectivity index (χ1n) is 16.1. The number of alkyl halides is 1. The molecule has 3 aromatic heterocycles. The van der Waals surface area contributed by atoms with E-state index >= 15 is 4.39 Å². The topological polar surface area (TPSA) is 20.5 Å². The molecule has 240 valence electrons. The Balaban J connectivity index is 0.00000325. The largest absolute Gasteiger partial charge is 0.359 e. The zero-order chi connectivity index (χ0) is 32.1. The van der Waals surface area contributed by atoms with Crippen molar-refractivity contribution < 1.29 is 25.5 Å². The fourth-order valence-corrected chi connectivity index (χ4v) is 11.8. The minimum atomic E-state index is -2.09. The molecule has 9 aromatic rings. The molecule has 4 heterocycles. The van der Waals surface area contributed by atoms with Gasteiger partial charge in [-0.3, -0.25) is 4.98 Å². The van der Waals surface area contributed by atoms with Gasteiger partial charge >= 0.3 is 0 Å². The molecule has 0 aliphatic carbocycles. The molecule has 3 nitrogen and oxygen atoms in total. The first-order valence-corrected chi connectivity index (χ1v) is 19.9. The molecule has 10 rings (SSSR count). The number of benzene rings is 6. The van der Waals surface area contributed by atoms with E-state index in [1.165, 1.54) is 30.5 Å². The van der Waals surface area contributed by atoms with Gasteiger partial charge < -0.3 is 9.30 Å². The number of thiophene rings is 1. The van der Waals surface area contributed by atoms with Crippen molar-refractivity contribution in [2.45, 2.75) is 19.3 Å². The second kappa shape index (κ2) is 11.2. The number of pyridine rings is 1. The Morgan fingerprint density at radius 3 is 2.47 bits per heavy atom. The molecule has 7 heteroatoms. The van der Waals surface area contributed by atoms with Crippen LogP contribution in [0.2, 0.25) is 13.1 Å². The van der Waals surface area contributed by atoms with E-state index in [1.807, 2.05) is 66.1 Å². The molecule has 0 radical (unpaired) electrons. The monoisotopic (exact) mass is 847 g/mol. The number of imidazole rings is 1. The van der Waals surface area contributed by atoms with Gasteiger partial charge in [0.1, 0.15) is 6.17 Å². The van der Waals surface area contributed by atoms with Gasteiger partial charge in [0, 0.05) is 64.8 Å². The van der Waals surface area contributed by atoms with E-state index < -0.39 is 14.2 Å². The molecule has 0 N–H and O–H groups in total. The van der Waals surface area contributed by atoms with Crippen molar-refractivity contribution in [3.8, 4) is 0 Å². The Morgan fingerprint density at radius 1 is 0.755 bits per heavy atom. The number of para-hydroxylation sites is 2. The van der Waals surface area contributed by atoms with Gasteiger partial charge in [-0.2, -0.15) is 42.5 Å². The molecule has 0 bridgehead atoms. The normalized spacial score (nSPS) is 14.3. The Kier molecular flexibility index (Phi) is 6.96. The van der Waals surface area contributed by atoms with Crippen molar-refractivity contribution in [2.24, 2.45) is 0 Å². The summed E-state index contributed by atoms with van der Waals surface area (Å²) in [6.45, 7) is 4.84. The molecule has 0 amide bonds. The summed E-state index contributed by atoms with van der Waals surface area (Å²) in [7, 11) is -2.09. The maximum Gasteiger partial charge on any atom is 0.111 e. The summed E-state index contributed by atoms with van der Waals surface area (Å²) in [6.07, 6.45) is 2.31. The van der Waals surface area contributed by atoms with Crippen molar-refractivity contribution >= 4 is 94.3 Å². The Hall–Kier alpha value is -4.61. The first-order chi connectivity index (χ1) is 23.5. The summed E-state index contributed by atoms with van der Waals surface area (Å²) in [4.78, 5) is 6.88. The number of fused-ring (bicyclic) bond motifs is 11. The molecule has 6 aromatic carbocycles. The zero-order valence-electron chi connectivity index (χ0n) is 26.6. The van der Waals surface area contributed by atoms with Gasteiger partial charge in [0.05, 0.1) is 13.7 Å². The summed E-state index contributed by atoms with van der Waals surface area (Å²) in [5.41, 5.74) is 5.71.